The molecule has 7 heteroatoms. The number of ether oxygens (including phenoxy) is 4. The van der Waals surface area contributed by atoms with Crippen LogP contribution in [0.1, 0.15) is 48.9 Å². The predicted molar refractivity (Wildman–Crippen MR) is 98.6 cm³/mol. The number of carbonyl (C=O) groups is 2. The quantitative estimate of drug-likeness (QED) is 0.610. The number of hydrogen-bond donors (Lipinski definition) is 1. The molecule has 0 aliphatic heterocycles. The van der Waals surface area contributed by atoms with Gasteiger partial charge in [0, 0.05) is 0 Å². The van der Waals surface area contributed by atoms with Crippen molar-refractivity contribution in [3.05, 3.63) is 17.7 Å². The van der Waals surface area contributed by atoms with E-state index >= 15 is 0 Å². The van der Waals surface area contributed by atoms with Crippen LogP contribution in [0.5, 0.6) is 17.2 Å². The van der Waals surface area contributed by atoms with Gasteiger partial charge >= 0.3 is 11.9 Å². The van der Waals surface area contributed by atoms with E-state index < -0.39 is 17.0 Å². The average molecular weight is 390 g/mol. The van der Waals surface area contributed by atoms with Gasteiger partial charge < -0.3 is 24.1 Å². The van der Waals surface area contributed by atoms with Crippen LogP contribution in [-0.4, -0.2) is 44.0 Å². The standard InChI is InChI=1S/C21H26O7/c1-25-15-5-14(18(22)27-3)6-16(26-2)17(15)28-19(23)20-7-12-4-13(8-20)10-21(24,9-12)11-20/h5-6,12-13,24H,4,7-11H2,1-3H3. The Bertz CT molecular complexity index is 776. The summed E-state index contributed by atoms with van der Waals surface area (Å²) in [5.41, 5.74) is -1.19. The van der Waals surface area contributed by atoms with Gasteiger partial charge in [-0.2, -0.15) is 0 Å². The zero-order valence-electron chi connectivity index (χ0n) is 16.4. The van der Waals surface area contributed by atoms with Crippen molar-refractivity contribution < 1.29 is 33.6 Å². The summed E-state index contributed by atoms with van der Waals surface area (Å²) in [5, 5.41) is 10.9. The highest BCUT2D eigenvalue weighted by molar-refractivity contribution is 5.91. The van der Waals surface area contributed by atoms with E-state index in [0.717, 1.165) is 32.1 Å². The molecule has 0 amide bonds. The third kappa shape index (κ3) is 3.02. The van der Waals surface area contributed by atoms with E-state index in [4.69, 9.17) is 18.9 Å². The van der Waals surface area contributed by atoms with E-state index in [9.17, 15) is 14.7 Å². The van der Waals surface area contributed by atoms with Crippen molar-refractivity contribution in [1.29, 1.82) is 0 Å². The molecule has 0 radical (unpaired) electrons. The molecular formula is C21H26O7. The fourth-order valence-corrected chi connectivity index (χ4v) is 5.87. The summed E-state index contributed by atoms with van der Waals surface area (Å²) < 4.78 is 21.2. The molecule has 1 N–H and O–H groups in total. The third-order valence-corrected chi connectivity index (χ3v) is 6.54. The second kappa shape index (κ2) is 6.65. The summed E-state index contributed by atoms with van der Waals surface area (Å²) in [6.07, 6.45) is 4.57. The third-order valence-electron chi connectivity index (χ3n) is 6.54. The molecule has 7 nitrogen and oxygen atoms in total. The Morgan fingerprint density at radius 2 is 1.57 bits per heavy atom. The number of esters is 2. The Kier molecular flexibility index (Phi) is 4.53. The number of rotatable bonds is 5. The summed E-state index contributed by atoms with van der Waals surface area (Å²) in [6, 6.07) is 2.92. The van der Waals surface area contributed by atoms with Gasteiger partial charge in [-0.15, -0.1) is 0 Å². The van der Waals surface area contributed by atoms with Gasteiger partial charge in [-0.1, -0.05) is 0 Å². The molecule has 0 aromatic heterocycles. The molecule has 0 heterocycles. The highest BCUT2D eigenvalue weighted by Gasteiger charge is 2.61. The normalized spacial score (nSPS) is 32.7. The zero-order valence-corrected chi connectivity index (χ0v) is 16.4. The molecule has 4 fully saturated rings. The molecule has 4 saturated carbocycles. The van der Waals surface area contributed by atoms with Crippen molar-refractivity contribution in [1.82, 2.24) is 0 Å². The maximum atomic E-state index is 13.3. The van der Waals surface area contributed by atoms with E-state index in [0.29, 0.717) is 18.3 Å². The fraction of sp³-hybridized carbons (Fsp3) is 0.619. The van der Waals surface area contributed by atoms with Crippen molar-refractivity contribution in [3.8, 4) is 17.2 Å². The largest absolute Gasteiger partial charge is 0.493 e. The van der Waals surface area contributed by atoms with Crippen LogP contribution >= 0.6 is 0 Å². The van der Waals surface area contributed by atoms with Crippen LogP contribution in [0.3, 0.4) is 0 Å². The Morgan fingerprint density at radius 3 is 2.04 bits per heavy atom. The van der Waals surface area contributed by atoms with Crippen molar-refractivity contribution in [2.24, 2.45) is 17.3 Å². The minimum absolute atomic E-state index is 0.144. The number of carbonyl (C=O) groups excluding carboxylic acids is 2. The summed E-state index contributed by atoms with van der Waals surface area (Å²) in [6.45, 7) is 0. The molecule has 5 rings (SSSR count). The van der Waals surface area contributed by atoms with Crippen molar-refractivity contribution in [3.63, 3.8) is 0 Å². The number of benzene rings is 1. The molecule has 4 aliphatic carbocycles. The lowest BCUT2D eigenvalue weighted by Gasteiger charge is -2.58. The molecule has 4 aliphatic rings. The van der Waals surface area contributed by atoms with Gasteiger partial charge in [-0.05, 0) is 62.5 Å². The summed E-state index contributed by atoms with van der Waals surface area (Å²) in [5.74, 6) is 0.410. The lowest BCUT2D eigenvalue weighted by atomic mass is 9.48. The first kappa shape index (κ1) is 19.1. The van der Waals surface area contributed by atoms with Gasteiger partial charge in [-0.3, -0.25) is 4.79 Å². The average Bonchev–Trinajstić information content (AvgIpc) is 2.65. The number of hydrogen-bond acceptors (Lipinski definition) is 7. The Hall–Kier alpha value is -2.28. The van der Waals surface area contributed by atoms with E-state index in [2.05, 4.69) is 0 Å². The minimum atomic E-state index is -0.758. The van der Waals surface area contributed by atoms with Gasteiger partial charge in [0.25, 0.3) is 0 Å². The van der Waals surface area contributed by atoms with Gasteiger partial charge in [0.05, 0.1) is 37.9 Å². The van der Waals surface area contributed by atoms with E-state index in [1.165, 1.54) is 33.5 Å². The maximum Gasteiger partial charge on any atom is 0.338 e. The van der Waals surface area contributed by atoms with E-state index in [1.54, 1.807) is 0 Å². The predicted octanol–water partition coefficient (Wildman–Crippen LogP) is 2.73. The van der Waals surface area contributed by atoms with Gasteiger partial charge in [-0.25, -0.2) is 4.79 Å². The van der Waals surface area contributed by atoms with Crippen LogP contribution in [0.4, 0.5) is 0 Å². The van der Waals surface area contributed by atoms with Gasteiger partial charge in [0.1, 0.15) is 0 Å². The Balaban J connectivity index is 1.65. The van der Waals surface area contributed by atoms with Crippen LogP contribution < -0.4 is 14.2 Å². The SMILES string of the molecule is COC(=O)c1cc(OC)c(OC(=O)C23CC4CC(CC(O)(C4)C2)C3)c(OC)c1. The summed E-state index contributed by atoms with van der Waals surface area (Å²) in [7, 11) is 4.15. The van der Waals surface area contributed by atoms with Crippen molar-refractivity contribution in [2.75, 3.05) is 21.3 Å². The van der Waals surface area contributed by atoms with Crippen molar-refractivity contribution >= 4 is 11.9 Å². The fourth-order valence-electron chi connectivity index (χ4n) is 5.87. The van der Waals surface area contributed by atoms with Gasteiger partial charge in [0.15, 0.2) is 11.5 Å². The van der Waals surface area contributed by atoms with E-state index in [-0.39, 0.29) is 28.8 Å². The summed E-state index contributed by atoms with van der Waals surface area (Å²) in [4.78, 5) is 25.2. The molecule has 0 spiro atoms. The van der Waals surface area contributed by atoms with Crippen LogP contribution in [-0.2, 0) is 9.53 Å². The molecule has 1 aromatic rings. The van der Waals surface area contributed by atoms with Gasteiger partial charge in [0.2, 0.25) is 5.75 Å². The summed E-state index contributed by atoms with van der Waals surface area (Å²) >= 11 is 0. The number of aliphatic hydroxyl groups is 1. The van der Waals surface area contributed by atoms with E-state index in [1.807, 2.05) is 0 Å². The molecule has 28 heavy (non-hydrogen) atoms. The highest BCUT2D eigenvalue weighted by atomic mass is 16.6. The first-order chi connectivity index (χ1) is 13.3. The Morgan fingerprint density at radius 1 is 1.00 bits per heavy atom. The Labute approximate surface area is 163 Å². The molecule has 2 unspecified atom stereocenters. The molecule has 152 valence electrons. The first-order valence-corrected chi connectivity index (χ1v) is 9.60. The lowest BCUT2D eigenvalue weighted by molar-refractivity contribution is -0.189. The molecular weight excluding hydrogens is 364 g/mol. The monoisotopic (exact) mass is 390 g/mol. The molecule has 2 atom stereocenters. The molecule has 4 bridgehead atoms. The molecule has 1 aromatic carbocycles. The lowest BCUT2D eigenvalue weighted by Crippen LogP contribution is -2.59. The van der Waals surface area contributed by atoms with Crippen molar-refractivity contribution in [2.45, 2.75) is 44.1 Å². The number of methoxy groups -OCH3 is 3. The first-order valence-electron chi connectivity index (χ1n) is 9.60. The minimum Gasteiger partial charge on any atom is -0.493 e. The van der Waals surface area contributed by atoms with Crippen LogP contribution in [0.25, 0.3) is 0 Å². The van der Waals surface area contributed by atoms with Crippen LogP contribution in [0.2, 0.25) is 0 Å². The second-order valence-corrected chi connectivity index (χ2v) is 8.56. The highest BCUT2D eigenvalue weighted by Crippen LogP contribution is 2.62. The zero-order chi connectivity index (χ0) is 20.1. The smallest absolute Gasteiger partial charge is 0.338 e. The van der Waals surface area contributed by atoms with Crippen LogP contribution in [0.15, 0.2) is 12.1 Å². The molecule has 0 saturated heterocycles. The maximum absolute atomic E-state index is 13.3. The second-order valence-electron chi connectivity index (χ2n) is 8.56. The topological polar surface area (TPSA) is 91.3 Å². The van der Waals surface area contributed by atoms with Crippen LogP contribution in [0, 0.1) is 17.3 Å².